The van der Waals surface area contributed by atoms with Gasteiger partial charge in [-0.05, 0) is 49.9 Å². The number of benzene rings is 2. The zero-order chi connectivity index (χ0) is 26.9. The molecule has 0 aliphatic heterocycles. The molecule has 1 amide bonds. The van der Waals surface area contributed by atoms with Gasteiger partial charge in [-0.3, -0.25) is 4.79 Å². The molecule has 0 spiro atoms. The fourth-order valence-electron chi connectivity index (χ4n) is 4.61. The van der Waals surface area contributed by atoms with Gasteiger partial charge in [0.15, 0.2) is 17.3 Å². The normalized spacial score (nSPS) is 14.7. The zero-order valence-corrected chi connectivity index (χ0v) is 21.2. The van der Waals surface area contributed by atoms with Crippen molar-refractivity contribution in [1.29, 1.82) is 0 Å². The minimum Gasteiger partial charge on any atom is -0.508 e. The molecule has 4 aromatic rings. The van der Waals surface area contributed by atoms with E-state index in [1.54, 1.807) is 44.6 Å². The number of hydrogen-bond acceptors (Lipinski definition) is 10. The van der Waals surface area contributed by atoms with Crippen LogP contribution in [0.5, 0.6) is 17.2 Å². The molecule has 1 saturated carbocycles. The summed E-state index contributed by atoms with van der Waals surface area (Å²) in [6.07, 6.45) is 4.59. The van der Waals surface area contributed by atoms with Crippen LogP contribution in [0.15, 0.2) is 42.5 Å². The van der Waals surface area contributed by atoms with Crippen LogP contribution in [-0.4, -0.2) is 50.5 Å². The number of phenols is 1. The smallest absolute Gasteiger partial charge is 0.256 e. The summed E-state index contributed by atoms with van der Waals surface area (Å²) in [5, 5.41) is 20.9. The third-order valence-corrected chi connectivity index (χ3v) is 6.58. The maximum Gasteiger partial charge on any atom is 0.256 e. The average Bonchev–Trinajstić information content (AvgIpc) is 3.34. The maximum absolute atomic E-state index is 12.8. The second-order valence-corrected chi connectivity index (χ2v) is 9.31. The van der Waals surface area contributed by atoms with Crippen LogP contribution < -0.4 is 31.6 Å². The molecule has 7 N–H and O–H groups in total. The summed E-state index contributed by atoms with van der Waals surface area (Å²) in [6.45, 7) is 0. The number of nitrogens with two attached hydrogens (primary N) is 2. The highest BCUT2D eigenvalue weighted by Crippen LogP contribution is 2.33. The van der Waals surface area contributed by atoms with Gasteiger partial charge >= 0.3 is 0 Å². The third-order valence-electron chi connectivity index (χ3n) is 6.58. The van der Waals surface area contributed by atoms with Crippen LogP contribution in [0.1, 0.15) is 42.5 Å². The minimum atomic E-state index is -0.740. The number of anilines is 3. The number of rotatable bonds is 8. The number of hydrogen-bond donors (Lipinski definition) is 5. The van der Waals surface area contributed by atoms with E-state index >= 15 is 0 Å². The highest BCUT2D eigenvalue weighted by molar-refractivity contribution is 6.04. The van der Waals surface area contributed by atoms with Crippen molar-refractivity contribution in [3.8, 4) is 28.6 Å². The lowest BCUT2D eigenvalue weighted by Gasteiger charge is -2.34. The van der Waals surface area contributed by atoms with E-state index in [4.69, 9.17) is 25.9 Å². The Morgan fingerprint density at radius 2 is 1.68 bits per heavy atom. The summed E-state index contributed by atoms with van der Waals surface area (Å²) in [7, 11) is 3.09. The first kappa shape index (κ1) is 25.1. The lowest BCUT2D eigenvalue weighted by atomic mass is 9.90. The quantitative estimate of drug-likeness (QED) is 0.217. The minimum absolute atomic E-state index is 0.0459. The molecule has 0 bridgehead atoms. The summed E-state index contributed by atoms with van der Waals surface area (Å²) in [6, 6.07) is 11.6. The van der Waals surface area contributed by atoms with Crippen LogP contribution in [0.4, 0.5) is 17.5 Å². The Hall–Kier alpha value is -4.58. The van der Waals surface area contributed by atoms with Crippen molar-refractivity contribution in [2.75, 3.05) is 24.9 Å². The SMILES string of the molecule is COc1cc(Nc2nc(NC3(N)CCCCC3)n3nc(-c4ccc(O)cc4)nc3c2C(N)=O)cc(OC)c1. The first-order valence-electron chi connectivity index (χ1n) is 12.3. The van der Waals surface area contributed by atoms with Gasteiger partial charge in [0.1, 0.15) is 22.8 Å². The van der Waals surface area contributed by atoms with Gasteiger partial charge in [0.05, 0.1) is 19.9 Å². The summed E-state index contributed by atoms with van der Waals surface area (Å²) in [5.41, 5.74) is 13.3. The molecule has 198 valence electrons. The standard InChI is InChI=1S/C26H30N8O4/c1-37-18-12-16(13-19(14-18)38-2)29-23-20(21(27)36)24-30-22(15-6-8-17(35)9-7-15)33-34(24)25(31-23)32-26(28)10-4-3-5-11-26/h6-9,12-14,29,35H,3-5,10-11,28H2,1-2H3,(H2,27,36)(H,31,32). The Morgan fingerprint density at radius 1 is 1.03 bits per heavy atom. The summed E-state index contributed by atoms with van der Waals surface area (Å²) >= 11 is 0. The molecule has 12 heteroatoms. The van der Waals surface area contributed by atoms with Gasteiger partial charge in [0.2, 0.25) is 5.95 Å². The predicted octanol–water partition coefficient (Wildman–Crippen LogP) is 3.39. The topological polar surface area (TPSA) is 175 Å². The molecule has 0 unspecified atom stereocenters. The molecule has 0 atom stereocenters. The number of nitrogens with zero attached hydrogens (tertiary/aromatic N) is 4. The second-order valence-electron chi connectivity index (χ2n) is 9.31. The van der Waals surface area contributed by atoms with Crippen LogP contribution in [-0.2, 0) is 0 Å². The Labute approximate surface area is 219 Å². The molecular weight excluding hydrogens is 488 g/mol. The van der Waals surface area contributed by atoms with Crippen molar-refractivity contribution >= 4 is 29.0 Å². The maximum atomic E-state index is 12.8. The van der Waals surface area contributed by atoms with E-state index < -0.39 is 11.6 Å². The molecule has 0 radical (unpaired) electrons. The van der Waals surface area contributed by atoms with E-state index in [0.29, 0.717) is 34.5 Å². The molecule has 38 heavy (non-hydrogen) atoms. The molecule has 12 nitrogen and oxygen atoms in total. The average molecular weight is 519 g/mol. The molecule has 1 aliphatic rings. The Kier molecular flexibility index (Phi) is 6.64. The lowest BCUT2D eigenvalue weighted by molar-refractivity contribution is 0.100. The fraction of sp³-hybridized carbons (Fsp3) is 0.308. The number of primary amides is 1. The van der Waals surface area contributed by atoms with Crippen LogP contribution in [0.2, 0.25) is 0 Å². The molecule has 2 aromatic carbocycles. The van der Waals surface area contributed by atoms with E-state index in [0.717, 1.165) is 32.1 Å². The first-order chi connectivity index (χ1) is 18.3. The van der Waals surface area contributed by atoms with Gasteiger partial charge < -0.3 is 36.7 Å². The van der Waals surface area contributed by atoms with E-state index in [1.807, 2.05) is 0 Å². The monoisotopic (exact) mass is 518 g/mol. The van der Waals surface area contributed by atoms with Gasteiger partial charge in [-0.15, -0.1) is 5.10 Å². The molecule has 0 saturated heterocycles. The van der Waals surface area contributed by atoms with Crippen LogP contribution >= 0.6 is 0 Å². The molecule has 2 heterocycles. The third kappa shape index (κ3) is 4.98. The van der Waals surface area contributed by atoms with Crippen LogP contribution in [0.25, 0.3) is 17.0 Å². The van der Waals surface area contributed by atoms with Crippen molar-refractivity contribution in [2.45, 2.75) is 37.8 Å². The van der Waals surface area contributed by atoms with Gasteiger partial charge in [-0.25, -0.2) is 4.98 Å². The molecule has 1 aliphatic carbocycles. The number of aromatic nitrogens is 4. The highest BCUT2D eigenvalue weighted by atomic mass is 16.5. The lowest BCUT2D eigenvalue weighted by Crippen LogP contribution is -2.49. The van der Waals surface area contributed by atoms with Crippen LogP contribution in [0.3, 0.4) is 0 Å². The number of phenolic OH excluding ortho intramolecular Hbond substituents is 1. The van der Waals surface area contributed by atoms with Gasteiger partial charge in [-0.1, -0.05) is 6.42 Å². The Morgan fingerprint density at radius 3 is 2.29 bits per heavy atom. The fourth-order valence-corrected chi connectivity index (χ4v) is 4.61. The second kappa shape index (κ2) is 10.1. The summed E-state index contributed by atoms with van der Waals surface area (Å²) < 4.78 is 12.2. The number of carbonyl (C=O) groups is 1. The van der Waals surface area contributed by atoms with E-state index in [9.17, 15) is 9.90 Å². The molecular formula is C26H30N8O4. The van der Waals surface area contributed by atoms with Gasteiger partial charge in [0.25, 0.3) is 5.91 Å². The number of carbonyl (C=O) groups excluding carboxylic acids is 1. The number of nitrogens with one attached hydrogen (secondary N) is 2. The van der Waals surface area contributed by atoms with Gasteiger partial charge in [0, 0.05) is 29.4 Å². The highest BCUT2D eigenvalue weighted by Gasteiger charge is 2.31. The van der Waals surface area contributed by atoms with Crippen molar-refractivity contribution in [1.82, 2.24) is 19.6 Å². The van der Waals surface area contributed by atoms with Crippen molar-refractivity contribution < 1.29 is 19.4 Å². The molecule has 1 fully saturated rings. The van der Waals surface area contributed by atoms with Crippen LogP contribution in [0, 0.1) is 0 Å². The van der Waals surface area contributed by atoms with E-state index in [2.05, 4.69) is 20.7 Å². The summed E-state index contributed by atoms with van der Waals surface area (Å²) in [4.78, 5) is 22.1. The number of amides is 1. The van der Waals surface area contributed by atoms with Crippen molar-refractivity contribution in [3.05, 3.63) is 48.0 Å². The molecule has 2 aromatic heterocycles. The largest absolute Gasteiger partial charge is 0.508 e. The van der Waals surface area contributed by atoms with E-state index in [1.165, 1.54) is 16.6 Å². The predicted molar refractivity (Wildman–Crippen MR) is 143 cm³/mol. The van der Waals surface area contributed by atoms with Crippen molar-refractivity contribution in [3.63, 3.8) is 0 Å². The van der Waals surface area contributed by atoms with Crippen molar-refractivity contribution in [2.24, 2.45) is 11.5 Å². The number of fused-ring (bicyclic) bond motifs is 1. The number of ether oxygens (including phenoxy) is 2. The Bertz CT molecular complexity index is 1460. The summed E-state index contributed by atoms with van der Waals surface area (Å²) in [5.74, 6) is 1.28. The number of aromatic hydroxyl groups is 1. The molecule has 5 rings (SSSR count). The number of methoxy groups -OCH3 is 2. The first-order valence-corrected chi connectivity index (χ1v) is 12.3. The zero-order valence-electron chi connectivity index (χ0n) is 21.2. The van der Waals surface area contributed by atoms with Gasteiger partial charge in [-0.2, -0.15) is 9.50 Å². The van der Waals surface area contributed by atoms with E-state index in [-0.39, 0.29) is 22.8 Å². The Balaban J connectivity index is 1.69.